The van der Waals surface area contributed by atoms with E-state index in [1.807, 2.05) is 4.68 Å². The number of hydrogen-bond acceptors (Lipinski definition) is 6. The maximum absolute atomic E-state index is 5.85. The lowest BCUT2D eigenvalue weighted by Gasteiger charge is -2.38. The summed E-state index contributed by atoms with van der Waals surface area (Å²) < 4.78 is 7.81. The van der Waals surface area contributed by atoms with E-state index in [2.05, 4.69) is 98.1 Å². The molecule has 2 fully saturated rings. The molecule has 2 aliphatic heterocycles. The Bertz CT molecular complexity index is 1010. The van der Waals surface area contributed by atoms with Crippen LogP contribution in [-0.2, 0) is 11.3 Å². The molecule has 1 aromatic heterocycles. The first-order valence-electron chi connectivity index (χ1n) is 12.0. The molecule has 0 bridgehead atoms. The van der Waals surface area contributed by atoms with Crippen LogP contribution in [0, 0.1) is 0 Å². The summed E-state index contributed by atoms with van der Waals surface area (Å²) in [5.74, 6) is 0.911. The van der Waals surface area contributed by atoms with E-state index in [1.165, 1.54) is 11.1 Å². The summed E-state index contributed by atoms with van der Waals surface area (Å²) in [6, 6.07) is 21.2. The van der Waals surface area contributed by atoms with Crippen LogP contribution in [0.2, 0.25) is 0 Å². The van der Waals surface area contributed by atoms with Crippen molar-refractivity contribution in [2.45, 2.75) is 31.5 Å². The topological polar surface area (TPSA) is 59.3 Å². The minimum absolute atomic E-state index is 0.0459. The number of ether oxygens (including phenoxy) is 1. The Morgan fingerprint density at radius 3 is 2.45 bits per heavy atom. The van der Waals surface area contributed by atoms with E-state index in [9.17, 15) is 0 Å². The monoisotopic (exact) mass is 444 g/mol. The highest BCUT2D eigenvalue weighted by Crippen LogP contribution is 2.28. The van der Waals surface area contributed by atoms with Gasteiger partial charge in [0.1, 0.15) is 0 Å². The van der Waals surface area contributed by atoms with Gasteiger partial charge in [-0.3, -0.25) is 9.80 Å². The molecule has 172 valence electrons. The highest BCUT2D eigenvalue weighted by atomic mass is 16.5. The van der Waals surface area contributed by atoms with E-state index in [0.29, 0.717) is 0 Å². The van der Waals surface area contributed by atoms with Gasteiger partial charge < -0.3 is 4.74 Å². The molecule has 3 aromatic rings. The number of rotatable bonds is 8. The van der Waals surface area contributed by atoms with Crippen molar-refractivity contribution in [1.82, 2.24) is 30.0 Å². The largest absolute Gasteiger partial charge is 0.376 e. The van der Waals surface area contributed by atoms with Gasteiger partial charge in [-0.1, -0.05) is 72.8 Å². The summed E-state index contributed by atoms with van der Waals surface area (Å²) in [7, 11) is 0. The van der Waals surface area contributed by atoms with Crippen molar-refractivity contribution in [2.75, 3.05) is 39.3 Å². The molecule has 5 rings (SSSR count). The molecule has 0 N–H and O–H groups in total. The van der Waals surface area contributed by atoms with Gasteiger partial charge in [-0.25, -0.2) is 4.68 Å². The molecule has 1 unspecified atom stereocenters. The molecular weight excluding hydrogens is 412 g/mol. The van der Waals surface area contributed by atoms with Crippen LogP contribution in [0.25, 0.3) is 6.08 Å². The van der Waals surface area contributed by atoms with Crippen molar-refractivity contribution in [2.24, 2.45) is 0 Å². The molecule has 7 nitrogen and oxygen atoms in total. The second-order valence-electron chi connectivity index (χ2n) is 8.82. The van der Waals surface area contributed by atoms with Crippen molar-refractivity contribution in [3.05, 3.63) is 83.7 Å². The van der Waals surface area contributed by atoms with Crippen molar-refractivity contribution >= 4 is 6.08 Å². The SMILES string of the molecule is C(=Cc1ccccc1)CN1CCN([C@@H](c2ccccc2)c2nnnn2CC2CCCO2)CC1. The van der Waals surface area contributed by atoms with Gasteiger partial charge in [-0.05, 0) is 34.4 Å². The minimum Gasteiger partial charge on any atom is -0.376 e. The number of tetrazole rings is 1. The van der Waals surface area contributed by atoms with Gasteiger partial charge in [-0.15, -0.1) is 5.10 Å². The summed E-state index contributed by atoms with van der Waals surface area (Å²) in [5, 5.41) is 12.9. The van der Waals surface area contributed by atoms with Gasteiger partial charge >= 0.3 is 0 Å². The third-order valence-corrected chi connectivity index (χ3v) is 6.57. The predicted molar refractivity (Wildman–Crippen MR) is 129 cm³/mol. The molecule has 2 aliphatic rings. The normalized spacial score (nSPS) is 21.0. The number of benzene rings is 2. The minimum atomic E-state index is 0.0459. The van der Waals surface area contributed by atoms with Crippen LogP contribution in [0.4, 0.5) is 0 Å². The Balaban J connectivity index is 1.27. The molecular formula is C26H32N6O. The average molecular weight is 445 g/mol. The van der Waals surface area contributed by atoms with Crippen LogP contribution >= 0.6 is 0 Å². The molecule has 3 heterocycles. The summed E-state index contributed by atoms with van der Waals surface area (Å²) in [6.45, 7) is 6.53. The highest BCUT2D eigenvalue weighted by molar-refractivity contribution is 5.48. The summed E-state index contributed by atoms with van der Waals surface area (Å²) in [4.78, 5) is 5.03. The quantitative estimate of drug-likeness (QED) is 0.532. The van der Waals surface area contributed by atoms with E-state index in [-0.39, 0.29) is 12.1 Å². The lowest BCUT2D eigenvalue weighted by atomic mass is 10.0. The number of hydrogen-bond donors (Lipinski definition) is 0. The molecule has 0 spiro atoms. The van der Waals surface area contributed by atoms with Gasteiger partial charge in [0.15, 0.2) is 5.82 Å². The number of aromatic nitrogens is 4. The Morgan fingerprint density at radius 2 is 1.73 bits per heavy atom. The standard InChI is InChI=1S/C26H32N6O/c1-3-9-22(10-4-1)11-7-15-30-16-18-31(19-17-30)25(23-12-5-2-6-13-23)26-27-28-29-32(26)21-24-14-8-20-33-24/h1-7,9-13,24-25H,8,14-21H2/t24?,25-/m0/s1. The molecule has 7 heteroatoms. The fourth-order valence-electron chi connectivity index (χ4n) is 4.78. The van der Waals surface area contributed by atoms with Crippen LogP contribution < -0.4 is 0 Å². The molecule has 0 amide bonds. The molecule has 33 heavy (non-hydrogen) atoms. The molecule has 0 saturated carbocycles. The fraction of sp³-hybridized carbons (Fsp3) is 0.423. The number of nitrogens with zero attached hydrogens (tertiary/aromatic N) is 6. The summed E-state index contributed by atoms with van der Waals surface area (Å²) >= 11 is 0. The van der Waals surface area contributed by atoms with E-state index < -0.39 is 0 Å². The third-order valence-electron chi connectivity index (χ3n) is 6.57. The van der Waals surface area contributed by atoms with E-state index in [1.54, 1.807) is 0 Å². The van der Waals surface area contributed by atoms with Gasteiger partial charge in [-0.2, -0.15) is 0 Å². The molecule has 2 atom stereocenters. The Hall–Kier alpha value is -2.87. The van der Waals surface area contributed by atoms with Crippen molar-refractivity contribution < 1.29 is 4.74 Å². The van der Waals surface area contributed by atoms with Gasteiger partial charge in [0.2, 0.25) is 0 Å². The zero-order valence-corrected chi connectivity index (χ0v) is 19.0. The molecule has 2 aromatic carbocycles. The smallest absolute Gasteiger partial charge is 0.173 e. The zero-order valence-electron chi connectivity index (χ0n) is 19.0. The lowest BCUT2D eigenvalue weighted by molar-refractivity contribution is 0.0868. The first-order valence-corrected chi connectivity index (χ1v) is 12.0. The van der Waals surface area contributed by atoms with E-state index in [0.717, 1.165) is 64.5 Å². The van der Waals surface area contributed by atoms with Gasteiger partial charge in [0.25, 0.3) is 0 Å². The zero-order chi connectivity index (χ0) is 22.3. The first-order chi connectivity index (χ1) is 16.4. The molecule has 0 aliphatic carbocycles. The summed E-state index contributed by atoms with van der Waals surface area (Å²) in [5.41, 5.74) is 2.48. The van der Waals surface area contributed by atoms with Crippen molar-refractivity contribution in [3.63, 3.8) is 0 Å². The first kappa shape index (κ1) is 21.9. The Labute approximate surface area is 195 Å². The maximum Gasteiger partial charge on any atom is 0.173 e. The van der Waals surface area contributed by atoms with Crippen LogP contribution in [-0.4, -0.2) is 75.4 Å². The van der Waals surface area contributed by atoms with E-state index >= 15 is 0 Å². The number of piperazine rings is 1. The highest BCUT2D eigenvalue weighted by Gasteiger charge is 2.31. The Kier molecular flexibility index (Phi) is 7.20. The van der Waals surface area contributed by atoms with Crippen LogP contribution in [0.1, 0.15) is 35.8 Å². The van der Waals surface area contributed by atoms with Gasteiger partial charge in [0.05, 0.1) is 18.7 Å². The fourth-order valence-corrected chi connectivity index (χ4v) is 4.78. The van der Waals surface area contributed by atoms with Gasteiger partial charge in [0, 0.05) is 39.3 Å². The van der Waals surface area contributed by atoms with Crippen molar-refractivity contribution in [1.29, 1.82) is 0 Å². The van der Waals surface area contributed by atoms with Crippen LogP contribution in [0.3, 0.4) is 0 Å². The van der Waals surface area contributed by atoms with Crippen molar-refractivity contribution in [3.8, 4) is 0 Å². The lowest BCUT2D eigenvalue weighted by Crippen LogP contribution is -2.48. The second-order valence-corrected chi connectivity index (χ2v) is 8.82. The van der Waals surface area contributed by atoms with Crippen LogP contribution in [0.5, 0.6) is 0 Å². The third kappa shape index (κ3) is 5.55. The average Bonchev–Trinajstić information content (AvgIpc) is 3.55. The molecule has 2 saturated heterocycles. The molecule has 0 radical (unpaired) electrons. The van der Waals surface area contributed by atoms with E-state index in [4.69, 9.17) is 4.74 Å². The predicted octanol–water partition coefficient (Wildman–Crippen LogP) is 3.27. The maximum atomic E-state index is 5.85. The Morgan fingerprint density at radius 1 is 0.970 bits per heavy atom. The van der Waals surface area contributed by atoms with Crippen LogP contribution in [0.15, 0.2) is 66.7 Å². The second kappa shape index (κ2) is 10.8. The summed E-state index contributed by atoms with van der Waals surface area (Å²) in [6.07, 6.45) is 6.87.